The second-order valence-electron chi connectivity index (χ2n) is 12.2. The summed E-state index contributed by atoms with van der Waals surface area (Å²) in [5.41, 5.74) is 8.23. The van der Waals surface area contributed by atoms with Gasteiger partial charge in [0.05, 0.1) is 18.2 Å². The molecule has 2 atom stereocenters. The minimum atomic E-state index is -0.977. The standard InChI is InChI=1S/C37H47N5O8/c1-25-12-11-13-26(2)35(25)37(49)50-24-30(43)28(16-8-9-20-38)40-32(45)23-39-36(48)29(22-27-14-5-3-6-15-27)41-31(44)17-7-4-10-21-42-33(46)18-19-34(42)47/h3,5-6,11-15,18-19,28-29H,4,7-10,16-17,20-24,38H2,1-2H3,(H,39,48)(H,40,45)(H,41,44). The van der Waals surface area contributed by atoms with E-state index in [0.29, 0.717) is 44.2 Å². The maximum absolute atomic E-state index is 13.3. The molecular weight excluding hydrogens is 642 g/mol. The molecule has 0 spiro atoms. The van der Waals surface area contributed by atoms with Crippen molar-refractivity contribution in [3.63, 3.8) is 0 Å². The molecule has 13 heteroatoms. The van der Waals surface area contributed by atoms with Gasteiger partial charge < -0.3 is 26.4 Å². The molecule has 268 valence electrons. The van der Waals surface area contributed by atoms with E-state index >= 15 is 0 Å². The first-order chi connectivity index (χ1) is 24.0. The number of aryl methyl sites for hydroxylation is 2. The zero-order chi connectivity index (χ0) is 36.5. The lowest BCUT2D eigenvalue weighted by Crippen LogP contribution is -2.51. The summed E-state index contributed by atoms with van der Waals surface area (Å²) < 4.78 is 5.31. The molecule has 5 N–H and O–H groups in total. The van der Waals surface area contributed by atoms with Gasteiger partial charge in [-0.15, -0.1) is 0 Å². The second kappa shape index (κ2) is 20.4. The van der Waals surface area contributed by atoms with Crippen molar-refractivity contribution in [1.29, 1.82) is 0 Å². The van der Waals surface area contributed by atoms with Crippen LogP contribution in [0.5, 0.6) is 0 Å². The Morgan fingerprint density at radius 3 is 2.10 bits per heavy atom. The van der Waals surface area contributed by atoms with Gasteiger partial charge in [0.2, 0.25) is 17.7 Å². The van der Waals surface area contributed by atoms with E-state index in [9.17, 15) is 33.6 Å². The Hall–Kier alpha value is -5.17. The molecule has 13 nitrogen and oxygen atoms in total. The smallest absolute Gasteiger partial charge is 0.339 e. The number of imide groups is 1. The average molecular weight is 690 g/mol. The highest BCUT2D eigenvalue weighted by Gasteiger charge is 2.26. The average Bonchev–Trinajstić information content (AvgIpc) is 3.41. The first-order valence-electron chi connectivity index (χ1n) is 16.9. The molecule has 0 bridgehead atoms. The molecule has 2 aromatic rings. The Bertz CT molecular complexity index is 1520. The SMILES string of the molecule is Cc1cccc(C)c1C(=O)OCC(=O)C(CCCCN)NC(=O)CNC(=O)C(Cc1ccccc1)NC(=O)CCCCCN1C(=O)C=CC1=O. The predicted molar refractivity (Wildman–Crippen MR) is 185 cm³/mol. The molecule has 2 unspecified atom stereocenters. The van der Waals surface area contributed by atoms with Crippen LogP contribution < -0.4 is 21.7 Å². The number of nitrogens with two attached hydrogens (primary N) is 1. The van der Waals surface area contributed by atoms with Crippen LogP contribution in [-0.4, -0.2) is 84.5 Å². The summed E-state index contributed by atoms with van der Waals surface area (Å²) in [5, 5.41) is 7.95. The minimum Gasteiger partial charge on any atom is -0.454 e. The fraction of sp³-hybridized carbons (Fsp3) is 0.432. The van der Waals surface area contributed by atoms with Crippen LogP contribution in [-0.2, 0) is 39.9 Å². The van der Waals surface area contributed by atoms with E-state index in [-0.39, 0.29) is 43.5 Å². The lowest BCUT2D eigenvalue weighted by atomic mass is 10.0. The van der Waals surface area contributed by atoms with Crippen LogP contribution >= 0.6 is 0 Å². The van der Waals surface area contributed by atoms with Gasteiger partial charge in [0, 0.05) is 31.5 Å². The number of hydrogen-bond acceptors (Lipinski definition) is 9. The number of amides is 5. The number of esters is 1. The van der Waals surface area contributed by atoms with Crippen LogP contribution in [0.15, 0.2) is 60.7 Å². The molecule has 2 aromatic carbocycles. The monoisotopic (exact) mass is 689 g/mol. The number of nitrogens with one attached hydrogen (secondary N) is 3. The maximum atomic E-state index is 13.3. The Morgan fingerprint density at radius 1 is 0.780 bits per heavy atom. The number of hydrogen-bond donors (Lipinski definition) is 4. The third-order valence-corrected chi connectivity index (χ3v) is 8.25. The van der Waals surface area contributed by atoms with Crippen molar-refractivity contribution in [2.45, 2.75) is 77.3 Å². The molecule has 1 aliphatic heterocycles. The first-order valence-corrected chi connectivity index (χ1v) is 16.9. The molecule has 50 heavy (non-hydrogen) atoms. The summed E-state index contributed by atoms with van der Waals surface area (Å²) in [4.78, 5) is 89.3. The highest BCUT2D eigenvalue weighted by Crippen LogP contribution is 2.15. The van der Waals surface area contributed by atoms with E-state index in [0.717, 1.165) is 21.6 Å². The fourth-order valence-corrected chi connectivity index (χ4v) is 5.50. The van der Waals surface area contributed by atoms with Gasteiger partial charge in [-0.25, -0.2) is 4.79 Å². The summed E-state index contributed by atoms with van der Waals surface area (Å²) in [6.07, 6.45) is 5.81. The number of benzene rings is 2. The van der Waals surface area contributed by atoms with Gasteiger partial charge >= 0.3 is 5.97 Å². The third kappa shape index (κ3) is 12.7. The molecule has 0 fully saturated rings. The molecule has 5 amide bonds. The van der Waals surface area contributed by atoms with Gasteiger partial charge in [-0.05, 0) is 69.2 Å². The molecule has 0 aromatic heterocycles. The van der Waals surface area contributed by atoms with Crippen LogP contribution in [0.25, 0.3) is 0 Å². The van der Waals surface area contributed by atoms with Crippen LogP contribution in [0.4, 0.5) is 0 Å². The Balaban J connectivity index is 1.53. The highest BCUT2D eigenvalue weighted by molar-refractivity contribution is 6.12. The van der Waals surface area contributed by atoms with Gasteiger partial charge in [0.15, 0.2) is 12.4 Å². The molecule has 0 radical (unpaired) electrons. The first kappa shape index (κ1) is 39.3. The number of ether oxygens (including phenoxy) is 1. The van der Waals surface area contributed by atoms with E-state index in [1.165, 1.54) is 12.2 Å². The van der Waals surface area contributed by atoms with Crippen molar-refractivity contribution in [1.82, 2.24) is 20.9 Å². The van der Waals surface area contributed by atoms with Crippen LogP contribution in [0.2, 0.25) is 0 Å². The quantitative estimate of drug-likeness (QED) is 0.0861. The zero-order valence-electron chi connectivity index (χ0n) is 28.7. The zero-order valence-corrected chi connectivity index (χ0v) is 28.7. The number of rotatable bonds is 21. The van der Waals surface area contributed by atoms with E-state index in [1.807, 2.05) is 36.4 Å². The predicted octanol–water partition coefficient (Wildman–Crippen LogP) is 1.97. The van der Waals surface area contributed by atoms with E-state index < -0.39 is 48.8 Å². The van der Waals surface area contributed by atoms with Crippen molar-refractivity contribution >= 4 is 41.3 Å². The van der Waals surface area contributed by atoms with Crippen molar-refractivity contribution < 1.29 is 38.3 Å². The molecular formula is C37H47N5O8. The Morgan fingerprint density at radius 2 is 1.44 bits per heavy atom. The van der Waals surface area contributed by atoms with Crippen LogP contribution in [0.1, 0.15) is 72.0 Å². The van der Waals surface area contributed by atoms with Crippen molar-refractivity contribution in [2.24, 2.45) is 5.73 Å². The number of nitrogens with zero attached hydrogens (tertiary/aromatic N) is 1. The summed E-state index contributed by atoms with van der Waals surface area (Å²) in [6, 6.07) is 12.5. The second-order valence-corrected chi connectivity index (χ2v) is 12.2. The molecule has 0 saturated carbocycles. The van der Waals surface area contributed by atoms with E-state index in [2.05, 4.69) is 16.0 Å². The van der Waals surface area contributed by atoms with Gasteiger partial charge in [-0.3, -0.25) is 33.7 Å². The van der Waals surface area contributed by atoms with Gasteiger partial charge in [0.1, 0.15) is 6.04 Å². The fourth-order valence-electron chi connectivity index (χ4n) is 5.50. The summed E-state index contributed by atoms with van der Waals surface area (Å²) in [5.74, 6) is -3.39. The summed E-state index contributed by atoms with van der Waals surface area (Å²) in [6.45, 7) is 3.23. The summed E-state index contributed by atoms with van der Waals surface area (Å²) >= 11 is 0. The van der Waals surface area contributed by atoms with Crippen LogP contribution in [0.3, 0.4) is 0 Å². The normalized spacial score (nSPS) is 13.5. The van der Waals surface area contributed by atoms with Crippen LogP contribution in [0, 0.1) is 13.8 Å². The Labute approximate surface area is 292 Å². The highest BCUT2D eigenvalue weighted by atomic mass is 16.5. The van der Waals surface area contributed by atoms with Gasteiger partial charge in [0.25, 0.3) is 11.8 Å². The third-order valence-electron chi connectivity index (χ3n) is 8.25. The Kier molecular flexibility index (Phi) is 16.0. The molecule has 1 aliphatic rings. The maximum Gasteiger partial charge on any atom is 0.339 e. The largest absolute Gasteiger partial charge is 0.454 e. The summed E-state index contributed by atoms with van der Waals surface area (Å²) in [7, 11) is 0. The molecule has 0 aliphatic carbocycles. The van der Waals surface area contributed by atoms with E-state index in [4.69, 9.17) is 10.5 Å². The van der Waals surface area contributed by atoms with Crippen molar-refractivity contribution in [3.8, 4) is 0 Å². The topological polar surface area (TPSA) is 194 Å². The lowest BCUT2D eigenvalue weighted by molar-refractivity contribution is -0.137. The number of unbranched alkanes of at least 4 members (excludes halogenated alkanes) is 3. The number of Topliss-reactive ketones (excluding diaryl/α,β-unsaturated/α-hetero) is 1. The molecule has 3 rings (SSSR count). The lowest BCUT2D eigenvalue weighted by Gasteiger charge is -2.20. The van der Waals surface area contributed by atoms with E-state index in [1.54, 1.807) is 26.0 Å². The number of carbonyl (C=O) groups is 7. The van der Waals surface area contributed by atoms with Gasteiger partial charge in [-0.2, -0.15) is 0 Å². The van der Waals surface area contributed by atoms with Crippen molar-refractivity contribution in [2.75, 3.05) is 26.2 Å². The van der Waals surface area contributed by atoms with Crippen molar-refractivity contribution in [3.05, 3.63) is 82.9 Å². The number of ketones is 1. The number of carbonyl (C=O) groups excluding carboxylic acids is 7. The molecule has 1 heterocycles. The molecule has 0 saturated heterocycles. The minimum absolute atomic E-state index is 0.125. The van der Waals surface area contributed by atoms with Gasteiger partial charge in [-0.1, -0.05) is 55.0 Å².